The Morgan fingerprint density at radius 1 is 1.58 bits per heavy atom. The Kier molecular flexibility index (Phi) is 3.32. The van der Waals surface area contributed by atoms with Gasteiger partial charge in [-0.05, 0) is 11.6 Å². The molecule has 0 fully saturated rings. The van der Waals surface area contributed by atoms with E-state index in [1.54, 1.807) is 12.3 Å². The Bertz CT molecular complexity index is 278. The molecule has 0 aliphatic heterocycles. The Morgan fingerprint density at radius 3 is 2.75 bits per heavy atom. The second-order valence-corrected chi connectivity index (χ2v) is 3.39. The van der Waals surface area contributed by atoms with Crippen LogP contribution in [-0.2, 0) is 0 Å². The number of nitrogens with zero attached hydrogens (tertiary/aromatic N) is 1. The van der Waals surface area contributed by atoms with Gasteiger partial charge in [0.1, 0.15) is 5.15 Å². The predicted octanol–water partition coefficient (Wildman–Crippen LogP) is 2.48. The van der Waals surface area contributed by atoms with Crippen LogP contribution in [0, 0.1) is 0 Å². The number of rotatable bonds is 2. The van der Waals surface area contributed by atoms with Gasteiger partial charge in [0.2, 0.25) is 0 Å². The molecule has 2 nitrogen and oxygen atoms in total. The van der Waals surface area contributed by atoms with E-state index in [4.69, 9.17) is 28.3 Å². The molecule has 0 saturated carbocycles. The molecule has 1 atom stereocenters. The Hall–Kier alpha value is -0.310. The monoisotopic (exact) mass is 205 g/mol. The van der Waals surface area contributed by atoms with Crippen molar-refractivity contribution in [3.05, 3.63) is 28.0 Å². The van der Waals surface area contributed by atoms with Crippen LogP contribution < -0.4 is 0 Å². The molecule has 0 spiro atoms. The molecule has 0 aliphatic carbocycles. The first-order valence-electron chi connectivity index (χ1n) is 3.57. The van der Waals surface area contributed by atoms with Crippen molar-refractivity contribution in [3.63, 3.8) is 0 Å². The molecule has 0 aromatic carbocycles. The number of hydrogen-bond acceptors (Lipinski definition) is 2. The van der Waals surface area contributed by atoms with Gasteiger partial charge in [0.15, 0.2) is 0 Å². The van der Waals surface area contributed by atoms with Crippen LogP contribution >= 0.6 is 23.2 Å². The third-order valence-electron chi connectivity index (χ3n) is 1.66. The summed E-state index contributed by atoms with van der Waals surface area (Å²) in [5, 5.41) is 9.57. The first-order chi connectivity index (χ1) is 5.65. The smallest absolute Gasteiger partial charge is 0.147 e. The van der Waals surface area contributed by atoms with Crippen molar-refractivity contribution < 1.29 is 5.11 Å². The molecule has 1 rings (SSSR count). The van der Waals surface area contributed by atoms with Crippen molar-refractivity contribution in [2.45, 2.75) is 12.8 Å². The van der Waals surface area contributed by atoms with Gasteiger partial charge in [-0.3, -0.25) is 0 Å². The molecule has 1 heterocycles. The fraction of sp³-hybridized carbons (Fsp3) is 0.375. The van der Waals surface area contributed by atoms with Gasteiger partial charge >= 0.3 is 0 Å². The molecule has 12 heavy (non-hydrogen) atoms. The van der Waals surface area contributed by atoms with Gasteiger partial charge in [-0.2, -0.15) is 0 Å². The van der Waals surface area contributed by atoms with E-state index in [2.05, 4.69) is 4.98 Å². The number of aliphatic hydroxyl groups is 1. The minimum absolute atomic E-state index is 0.0484. The number of halogens is 2. The summed E-state index contributed by atoms with van der Waals surface area (Å²) in [6.45, 7) is 1.97. The van der Waals surface area contributed by atoms with E-state index in [9.17, 15) is 0 Å². The molecule has 0 bridgehead atoms. The summed E-state index contributed by atoms with van der Waals surface area (Å²) in [5.41, 5.74) is 0.895. The average Bonchev–Trinajstić information content (AvgIpc) is 2.08. The van der Waals surface area contributed by atoms with E-state index in [1.807, 2.05) is 6.92 Å². The van der Waals surface area contributed by atoms with E-state index in [1.165, 1.54) is 0 Å². The highest BCUT2D eigenvalue weighted by Crippen LogP contribution is 2.23. The van der Waals surface area contributed by atoms with E-state index in [0.717, 1.165) is 5.56 Å². The summed E-state index contributed by atoms with van der Waals surface area (Å²) < 4.78 is 0. The minimum atomic E-state index is 0.0484. The maximum Gasteiger partial charge on any atom is 0.147 e. The highest BCUT2D eigenvalue weighted by molar-refractivity contribution is 6.41. The molecular formula is C8H9Cl2NO. The van der Waals surface area contributed by atoms with Crippen molar-refractivity contribution in [2.24, 2.45) is 0 Å². The molecule has 0 saturated heterocycles. The third-order valence-corrected chi connectivity index (χ3v) is 2.35. The lowest BCUT2D eigenvalue weighted by Crippen LogP contribution is -1.99. The zero-order chi connectivity index (χ0) is 9.14. The first kappa shape index (κ1) is 9.78. The SMILES string of the molecule is C[C@@H](CO)c1cnc(Cl)c(Cl)c1. The van der Waals surface area contributed by atoms with Crippen LogP contribution in [0.15, 0.2) is 12.3 Å². The summed E-state index contributed by atoms with van der Waals surface area (Å²) in [4.78, 5) is 3.87. The van der Waals surface area contributed by atoms with Crippen LogP contribution in [0.1, 0.15) is 18.4 Å². The lowest BCUT2D eigenvalue weighted by molar-refractivity contribution is 0.273. The molecule has 0 radical (unpaired) electrons. The molecule has 66 valence electrons. The number of aliphatic hydroxyl groups excluding tert-OH is 1. The third kappa shape index (κ3) is 2.09. The van der Waals surface area contributed by atoms with Gasteiger partial charge < -0.3 is 5.11 Å². The number of hydrogen-bond donors (Lipinski definition) is 1. The number of pyridine rings is 1. The van der Waals surface area contributed by atoms with Crippen molar-refractivity contribution in [3.8, 4) is 0 Å². The Balaban J connectivity index is 2.96. The number of aromatic nitrogens is 1. The second kappa shape index (κ2) is 4.08. The summed E-state index contributed by atoms with van der Waals surface area (Å²) in [5.74, 6) is 0.0484. The fourth-order valence-corrected chi connectivity index (χ4v) is 1.09. The van der Waals surface area contributed by atoms with E-state index >= 15 is 0 Å². The van der Waals surface area contributed by atoms with Crippen LogP contribution in [0.3, 0.4) is 0 Å². The van der Waals surface area contributed by atoms with Crippen LogP contribution in [0.4, 0.5) is 0 Å². The van der Waals surface area contributed by atoms with Crippen molar-refractivity contribution >= 4 is 23.2 Å². The van der Waals surface area contributed by atoms with Crippen molar-refractivity contribution in [1.29, 1.82) is 0 Å². The van der Waals surface area contributed by atoms with E-state index in [0.29, 0.717) is 10.2 Å². The van der Waals surface area contributed by atoms with Gasteiger partial charge in [-0.15, -0.1) is 0 Å². The molecule has 1 N–H and O–H groups in total. The van der Waals surface area contributed by atoms with E-state index in [-0.39, 0.29) is 12.5 Å². The molecule has 0 amide bonds. The molecule has 0 aliphatic rings. The first-order valence-corrected chi connectivity index (χ1v) is 4.32. The maximum atomic E-state index is 8.84. The zero-order valence-electron chi connectivity index (χ0n) is 6.59. The summed E-state index contributed by atoms with van der Waals surface area (Å²) in [6.07, 6.45) is 1.62. The normalized spacial score (nSPS) is 13.0. The minimum Gasteiger partial charge on any atom is -0.396 e. The molecule has 4 heteroatoms. The lowest BCUT2D eigenvalue weighted by Gasteiger charge is -2.07. The van der Waals surface area contributed by atoms with Gasteiger partial charge in [0.05, 0.1) is 5.02 Å². The highest BCUT2D eigenvalue weighted by atomic mass is 35.5. The fourth-order valence-electron chi connectivity index (χ4n) is 0.811. The topological polar surface area (TPSA) is 33.1 Å². The second-order valence-electron chi connectivity index (χ2n) is 2.62. The lowest BCUT2D eigenvalue weighted by atomic mass is 10.1. The molecule has 1 aromatic rings. The van der Waals surface area contributed by atoms with Crippen LogP contribution in [0.5, 0.6) is 0 Å². The maximum absolute atomic E-state index is 8.84. The van der Waals surface area contributed by atoms with Gasteiger partial charge in [-0.1, -0.05) is 30.1 Å². The summed E-state index contributed by atoms with van der Waals surface area (Å²) in [6, 6.07) is 1.72. The van der Waals surface area contributed by atoms with Crippen LogP contribution in [0.25, 0.3) is 0 Å². The van der Waals surface area contributed by atoms with Gasteiger partial charge in [-0.25, -0.2) is 4.98 Å². The van der Waals surface area contributed by atoms with Gasteiger partial charge in [0, 0.05) is 18.7 Å². The van der Waals surface area contributed by atoms with Gasteiger partial charge in [0.25, 0.3) is 0 Å². The molecule has 1 aromatic heterocycles. The zero-order valence-corrected chi connectivity index (χ0v) is 8.10. The van der Waals surface area contributed by atoms with Crippen LogP contribution in [-0.4, -0.2) is 16.7 Å². The standard InChI is InChI=1S/C8H9Cl2NO/c1-5(4-12)6-2-7(9)8(10)11-3-6/h2-3,5,12H,4H2,1H3/t5-/m0/s1. The largest absolute Gasteiger partial charge is 0.396 e. The summed E-state index contributed by atoms with van der Waals surface area (Å²) >= 11 is 11.4. The average molecular weight is 206 g/mol. The quantitative estimate of drug-likeness (QED) is 0.754. The van der Waals surface area contributed by atoms with Crippen molar-refractivity contribution in [2.75, 3.05) is 6.61 Å². The Labute approximate surface area is 81.1 Å². The Morgan fingerprint density at radius 2 is 2.25 bits per heavy atom. The van der Waals surface area contributed by atoms with Crippen molar-refractivity contribution in [1.82, 2.24) is 4.98 Å². The molecular weight excluding hydrogens is 197 g/mol. The highest BCUT2D eigenvalue weighted by Gasteiger charge is 2.06. The van der Waals surface area contributed by atoms with E-state index < -0.39 is 0 Å². The summed E-state index contributed by atoms with van der Waals surface area (Å²) in [7, 11) is 0. The predicted molar refractivity (Wildman–Crippen MR) is 49.8 cm³/mol. The van der Waals surface area contributed by atoms with Crippen LogP contribution in [0.2, 0.25) is 10.2 Å². The molecule has 0 unspecified atom stereocenters.